The number of halogens is 1. The molecule has 2 saturated heterocycles. The van der Waals surface area contributed by atoms with E-state index in [1.807, 2.05) is 23.1 Å². The summed E-state index contributed by atoms with van der Waals surface area (Å²) in [5.41, 5.74) is 0.821. The molecule has 2 aliphatic heterocycles. The first kappa shape index (κ1) is 21.8. The summed E-state index contributed by atoms with van der Waals surface area (Å²) < 4.78 is 15.9. The summed E-state index contributed by atoms with van der Waals surface area (Å²) in [5.74, 6) is 1.90. The summed E-state index contributed by atoms with van der Waals surface area (Å²) in [6.45, 7) is 1.03. The van der Waals surface area contributed by atoms with Gasteiger partial charge >= 0.3 is 0 Å². The quantitative estimate of drug-likeness (QED) is 0.729. The van der Waals surface area contributed by atoms with Crippen LogP contribution >= 0.6 is 12.4 Å². The zero-order valence-corrected chi connectivity index (χ0v) is 17.2. The molecule has 27 heavy (non-hydrogen) atoms. The van der Waals surface area contributed by atoms with Gasteiger partial charge in [-0.15, -0.1) is 12.4 Å². The van der Waals surface area contributed by atoms with Crippen LogP contribution in [0.2, 0.25) is 0 Å². The van der Waals surface area contributed by atoms with Gasteiger partial charge in [0.1, 0.15) is 0 Å². The molecule has 0 spiro atoms. The lowest BCUT2D eigenvalue weighted by Gasteiger charge is -2.31. The summed E-state index contributed by atoms with van der Waals surface area (Å²) in [6.07, 6.45) is 5.29. The average Bonchev–Trinajstić information content (AvgIpc) is 3.00. The molecule has 7 heteroatoms. The van der Waals surface area contributed by atoms with Crippen LogP contribution in [0.5, 0.6) is 11.5 Å². The van der Waals surface area contributed by atoms with Gasteiger partial charge in [0, 0.05) is 43.9 Å². The van der Waals surface area contributed by atoms with Crippen LogP contribution in [-0.2, 0) is 9.53 Å². The fraction of sp³-hybridized carbons (Fsp3) is 0.650. The number of amides is 1. The number of ether oxygens (including phenoxy) is 3. The van der Waals surface area contributed by atoms with Gasteiger partial charge in [-0.3, -0.25) is 4.79 Å². The van der Waals surface area contributed by atoms with E-state index in [9.17, 15) is 4.79 Å². The summed E-state index contributed by atoms with van der Waals surface area (Å²) in [6, 6.07) is 6.80. The normalized spacial score (nSPS) is 23.4. The third-order valence-corrected chi connectivity index (χ3v) is 5.53. The Kier molecular flexibility index (Phi) is 8.20. The third kappa shape index (κ3) is 5.27. The molecule has 2 heterocycles. The van der Waals surface area contributed by atoms with Crippen LogP contribution < -0.4 is 19.7 Å². The van der Waals surface area contributed by atoms with Gasteiger partial charge in [0.15, 0.2) is 11.5 Å². The maximum atomic E-state index is 13.1. The molecule has 0 radical (unpaired) electrons. The second kappa shape index (κ2) is 10.2. The van der Waals surface area contributed by atoms with Crippen molar-refractivity contribution in [2.24, 2.45) is 5.92 Å². The Hall–Kier alpha value is -1.50. The largest absolute Gasteiger partial charge is 0.493 e. The predicted molar refractivity (Wildman–Crippen MR) is 108 cm³/mol. The molecular formula is C20H31ClN2O4. The van der Waals surface area contributed by atoms with E-state index >= 15 is 0 Å². The highest BCUT2D eigenvalue weighted by Crippen LogP contribution is 2.35. The van der Waals surface area contributed by atoms with Gasteiger partial charge in [0.25, 0.3) is 0 Å². The molecule has 2 bridgehead atoms. The second-order valence-corrected chi connectivity index (χ2v) is 7.26. The number of rotatable bonds is 8. The minimum atomic E-state index is 0. The number of hydrogen-bond acceptors (Lipinski definition) is 5. The van der Waals surface area contributed by atoms with Crippen LogP contribution in [0.25, 0.3) is 0 Å². The molecule has 1 N–H and O–H groups in total. The van der Waals surface area contributed by atoms with E-state index < -0.39 is 0 Å². The van der Waals surface area contributed by atoms with Gasteiger partial charge < -0.3 is 24.4 Å². The first-order chi connectivity index (χ1) is 12.6. The monoisotopic (exact) mass is 398 g/mol. The van der Waals surface area contributed by atoms with Crippen LogP contribution in [0.15, 0.2) is 18.2 Å². The molecule has 0 aliphatic carbocycles. The lowest BCUT2D eigenvalue weighted by Crippen LogP contribution is -2.41. The number of nitrogens with one attached hydrogen (secondary N) is 1. The van der Waals surface area contributed by atoms with Crippen LogP contribution in [0.3, 0.4) is 0 Å². The highest BCUT2D eigenvalue weighted by atomic mass is 35.5. The van der Waals surface area contributed by atoms with Crippen molar-refractivity contribution in [3.63, 3.8) is 0 Å². The molecule has 0 aromatic heterocycles. The SMILES string of the molecule is COCCN(C(=O)CC1CC2CCC(C1)N2)c1ccc(OC)c(OC)c1.Cl. The minimum absolute atomic E-state index is 0. The first-order valence-corrected chi connectivity index (χ1v) is 9.42. The molecule has 6 nitrogen and oxygen atoms in total. The molecule has 0 saturated carbocycles. The first-order valence-electron chi connectivity index (χ1n) is 9.42. The van der Waals surface area contributed by atoms with Crippen molar-refractivity contribution in [2.75, 3.05) is 39.4 Å². The van der Waals surface area contributed by atoms with Crippen molar-refractivity contribution >= 4 is 24.0 Å². The fourth-order valence-corrected chi connectivity index (χ4v) is 4.27. The zero-order valence-electron chi connectivity index (χ0n) is 16.4. The minimum Gasteiger partial charge on any atom is -0.493 e. The van der Waals surface area contributed by atoms with Crippen molar-refractivity contribution < 1.29 is 19.0 Å². The lowest BCUT2D eigenvalue weighted by molar-refractivity contribution is -0.119. The van der Waals surface area contributed by atoms with Gasteiger partial charge in [-0.05, 0) is 43.7 Å². The second-order valence-electron chi connectivity index (χ2n) is 7.26. The summed E-state index contributed by atoms with van der Waals surface area (Å²) >= 11 is 0. The number of methoxy groups -OCH3 is 3. The maximum Gasteiger partial charge on any atom is 0.227 e. The number of hydrogen-bond donors (Lipinski definition) is 1. The zero-order chi connectivity index (χ0) is 18.5. The van der Waals surface area contributed by atoms with Gasteiger partial charge in [-0.25, -0.2) is 0 Å². The molecule has 2 unspecified atom stereocenters. The van der Waals surface area contributed by atoms with E-state index in [1.165, 1.54) is 12.8 Å². The molecule has 1 aromatic rings. The Morgan fingerprint density at radius 1 is 1.11 bits per heavy atom. The van der Waals surface area contributed by atoms with Crippen molar-refractivity contribution in [3.8, 4) is 11.5 Å². The topological polar surface area (TPSA) is 60.0 Å². The molecule has 1 aromatic carbocycles. The Balaban J connectivity index is 0.00000261. The van der Waals surface area contributed by atoms with Gasteiger partial charge in [0.05, 0.1) is 20.8 Å². The highest BCUT2D eigenvalue weighted by molar-refractivity contribution is 5.93. The highest BCUT2D eigenvalue weighted by Gasteiger charge is 2.35. The Morgan fingerprint density at radius 2 is 1.78 bits per heavy atom. The molecule has 1 amide bonds. The predicted octanol–water partition coefficient (Wildman–Crippen LogP) is 3.03. The summed E-state index contributed by atoms with van der Waals surface area (Å²) in [7, 11) is 4.87. The number of benzene rings is 1. The van der Waals surface area contributed by atoms with Gasteiger partial charge in [0.2, 0.25) is 5.91 Å². The number of nitrogens with zero attached hydrogens (tertiary/aromatic N) is 1. The Bertz CT molecular complexity index is 616. The van der Waals surface area contributed by atoms with Crippen LogP contribution in [0, 0.1) is 5.92 Å². The number of fused-ring (bicyclic) bond motifs is 2. The smallest absolute Gasteiger partial charge is 0.227 e. The number of carbonyl (C=O) groups is 1. The van der Waals surface area contributed by atoms with E-state index in [4.69, 9.17) is 14.2 Å². The summed E-state index contributed by atoms with van der Waals surface area (Å²) in [5, 5.41) is 3.64. The van der Waals surface area contributed by atoms with Crippen molar-refractivity contribution in [1.82, 2.24) is 5.32 Å². The number of piperidine rings is 1. The molecular weight excluding hydrogens is 368 g/mol. The van der Waals surface area contributed by atoms with E-state index in [-0.39, 0.29) is 18.3 Å². The van der Waals surface area contributed by atoms with E-state index in [1.54, 1.807) is 21.3 Å². The number of carbonyl (C=O) groups excluding carboxylic acids is 1. The summed E-state index contributed by atoms with van der Waals surface area (Å²) in [4.78, 5) is 14.9. The Labute approximate surface area is 167 Å². The number of anilines is 1. The van der Waals surface area contributed by atoms with Crippen molar-refractivity contribution in [2.45, 2.75) is 44.2 Å². The fourth-order valence-electron chi connectivity index (χ4n) is 4.27. The Morgan fingerprint density at radius 3 is 2.37 bits per heavy atom. The van der Waals surface area contributed by atoms with Gasteiger partial charge in [-0.2, -0.15) is 0 Å². The van der Waals surface area contributed by atoms with E-state index in [0.717, 1.165) is 18.5 Å². The lowest BCUT2D eigenvalue weighted by atomic mass is 9.89. The van der Waals surface area contributed by atoms with Crippen LogP contribution in [-0.4, -0.2) is 52.5 Å². The van der Waals surface area contributed by atoms with Crippen molar-refractivity contribution in [1.29, 1.82) is 0 Å². The molecule has 2 aliphatic rings. The van der Waals surface area contributed by atoms with Gasteiger partial charge in [-0.1, -0.05) is 0 Å². The average molecular weight is 399 g/mol. The van der Waals surface area contributed by atoms with Crippen LogP contribution in [0.1, 0.15) is 32.1 Å². The molecule has 2 fully saturated rings. The van der Waals surface area contributed by atoms with E-state index in [0.29, 0.717) is 49.1 Å². The molecule has 152 valence electrons. The third-order valence-electron chi connectivity index (χ3n) is 5.53. The standard InChI is InChI=1S/C20H30N2O4.ClH/c1-24-9-8-22(17-6-7-18(25-2)19(13-17)26-3)20(23)12-14-10-15-4-5-16(11-14)21-15;/h6-7,13-16,21H,4-5,8-12H2,1-3H3;1H. The molecule has 2 atom stereocenters. The van der Waals surface area contributed by atoms with E-state index in [2.05, 4.69) is 5.32 Å². The van der Waals surface area contributed by atoms with Crippen molar-refractivity contribution in [3.05, 3.63) is 18.2 Å². The van der Waals surface area contributed by atoms with Crippen LogP contribution in [0.4, 0.5) is 5.69 Å². The molecule has 3 rings (SSSR count). The maximum absolute atomic E-state index is 13.1.